The van der Waals surface area contributed by atoms with Crippen LogP contribution in [0.1, 0.15) is 67.1 Å². The average Bonchev–Trinajstić information content (AvgIpc) is 3.63. The third kappa shape index (κ3) is 4.61. The van der Waals surface area contributed by atoms with E-state index in [1.807, 2.05) is 43.6 Å². The fourth-order valence-electron chi connectivity index (χ4n) is 4.82. The number of fused-ring (bicyclic) bond motifs is 1. The summed E-state index contributed by atoms with van der Waals surface area (Å²) in [6.07, 6.45) is 6.59. The Kier molecular flexibility index (Phi) is 6.55. The van der Waals surface area contributed by atoms with Crippen molar-refractivity contribution in [1.29, 1.82) is 0 Å². The molecule has 8 nitrogen and oxygen atoms in total. The number of aromatic amines is 1. The monoisotopic (exact) mass is 509 g/mol. The minimum atomic E-state index is -1.13. The number of pyridine rings is 1. The van der Waals surface area contributed by atoms with Crippen molar-refractivity contribution < 1.29 is 9.18 Å². The summed E-state index contributed by atoms with van der Waals surface area (Å²) in [5, 5.41) is 9.95. The molecule has 4 aromatic heterocycles. The maximum absolute atomic E-state index is 15.0. The predicted octanol–water partition coefficient (Wildman–Crippen LogP) is 5.33. The highest BCUT2D eigenvalue weighted by atomic mass is 32.1. The standard InChI is InChI=1S/C26H32FN7OS/c1-5-26(27)8-10-33(11-9-26)19-12-18(25(35)31-22(16(2)3)23-29-15-30-32-23)14-34-20(13-28-24(19)34)21-7-6-17(4)36-21/h6-7,12-16,22H,5,8-11H2,1-4H3,(H,31,35)(H,29,30,32). The number of imidazole rings is 1. The molecule has 0 aliphatic carbocycles. The van der Waals surface area contributed by atoms with Crippen molar-refractivity contribution >= 4 is 28.6 Å². The lowest BCUT2D eigenvalue weighted by Crippen LogP contribution is -2.41. The first-order valence-electron chi connectivity index (χ1n) is 12.5. The summed E-state index contributed by atoms with van der Waals surface area (Å²) < 4.78 is 17.0. The second-order valence-corrected chi connectivity index (χ2v) is 11.2. The Morgan fingerprint density at radius 1 is 1.28 bits per heavy atom. The highest BCUT2D eigenvalue weighted by Gasteiger charge is 2.34. The number of nitrogens with zero attached hydrogens (tertiary/aromatic N) is 5. The van der Waals surface area contributed by atoms with Gasteiger partial charge in [0.05, 0.1) is 34.1 Å². The number of alkyl halides is 1. The van der Waals surface area contributed by atoms with Gasteiger partial charge in [0.2, 0.25) is 0 Å². The van der Waals surface area contributed by atoms with Crippen LogP contribution >= 0.6 is 11.3 Å². The number of nitrogens with one attached hydrogen (secondary N) is 2. The number of carbonyl (C=O) groups is 1. The summed E-state index contributed by atoms with van der Waals surface area (Å²) in [4.78, 5) is 27.0. The molecule has 1 fully saturated rings. The van der Waals surface area contributed by atoms with Crippen LogP contribution in [0.4, 0.5) is 10.1 Å². The number of amides is 1. The number of thiophene rings is 1. The lowest BCUT2D eigenvalue weighted by molar-refractivity contribution is 0.0922. The van der Waals surface area contributed by atoms with Gasteiger partial charge < -0.3 is 10.2 Å². The predicted molar refractivity (Wildman–Crippen MR) is 140 cm³/mol. The van der Waals surface area contributed by atoms with Gasteiger partial charge in [0.15, 0.2) is 5.65 Å². The lowest BCUT2D eigenvalue weighted by atomic mass is 9.90. The minimum Gasteiger partial charge on any atom is -0.368 e. The van der Waals surface area contributed by atoms with Gasteiger partial charge in [0.25, 0.3) is 5.91 Å². The van der Waals surface area contributed by atoms with E-state index in [-0.39, 0.29) is 17.9 Å². The van der Waals surface area contributed by atoms with Crippen molar-refractivity contribution in [3.8, 4) is 10.6 Å². The van der Waals surface area contributed by atoms with E-state index in [2.05, 4.69) is 44.5 Å². The zero-order chi connectivity index (χ0) is 25.4. The van der Waals surface area contributed by atoms with Crippen molar-refractivity contribution in [3.63, 3.8) is 0 Å². The number of aromatic nitrogens is 5. The molecule has 1 unspecified atom stereocenters. The van der Waals surface area contributed by atoms with Crippen LogP contribution in [0.2, 0.25) is 0 Å². The van der Waals surface area contributed by atoms with Gasteiger partial charge in [-0.3, -0.25) is 14.3 Å². The molecule has 10 heteroatoms. The summed E-state index contributed by atoms with van der Waals surface area (Å²) in [6, 6.07) is 5.73. The normalized spacial score (nSPS) is 16.6. The summed E-state index contributed by atoms with van der Waals surface area (Å²) in [6.45, 7) is 9.19. The molecule has 5 heterocycles. The summed E-state index contributed by atoms with van der Waals surface area (Å²) in [5.74, 6) is 0.518. The molecule has 36 heavy (non-hydrogen) atoms. The number of anilines is 1. The first kappa shape index (κ1) is 24.4. The molecule has 4 aromatic rings. The molecule has 1 saturated heterocycles. The Morgan fingerprint density at radius 2 is 2.06 bits per heavy atom. The second-order valence-electron chi connectivity index (χ2n) is 9.92. The van der Waals surface area contributed by atoms with Gasteiger partial charge >= 0.3 is 0 Å². The van der Waals surface area contributed by atoms with Crippen LogP contribution < -0.4 is 10.2 Å². The van der Waals surface area contributed by atoms with E-state index in [0.29, 0.717) is 43.7 Å². The van der Waals surface area contributed by atoms with Crippen LogP contribution in [0.5, 0.6) is 0 Å². The molecule has 0 saturated carbocycles. The van der Waals surface area contributed by atoms with Gasteiger partial charge in [-0.05, 0) is 50.3 Å². The molecule has 5 rings (SSSR count). The molecule has 0 aromatic carbocycles. The largest absolute Gasteiger partial charge is 0.368 e. The van der Waals surface area contributed by atoms with E-state index in [4.69, 9.17) is 4.98 Å². The van der Waals surface area contributed by atoms with E-state index in [1.165, 1.54) is 11.2 Å². The maximum atomic E-state index is 15.0. The number of piperidine rings is 1. The van der Waals surface area contributed by atoms with Crippen LogP contribution in [-0.4, -0.2) is 49.2 Å². The zero-order valence-corrected chi connectivity index (χ0v) is 21.9. The van der Waals surface area contributed by atoms with Crippen LogP contribution in [0.15, 0.2) is 36.9 Å². The molecule has 2 N–H and O–H groups in total. The molecule has 1 amide bonds. The van der Waals surface area contributed by atoms with E-state index < -0.39 is 5.67 Å². The molecule has 1 atom stereocenters. The quantitative estimate of drug-likeness (QED) is 0.351. The highest BCUT2D eigenvalue weighted by molar-refractivity contribution is 7.15. The molecule has 0 bridgehead atoms. The van der Waals surface area contributed by atoms with Gasteiger partial charge in [-0.2, -0.15) is 5.10 Å². The Morgan fingerprint density at radius 3 is 2.67 bits per heavy atom. The van der Waals surface area contributed by atoms with Crippen molar-refractivity contribution in [2.24, 2.45) is 5.92 Å². The van der Waals surface area contributed by atoms with E-state index in [9.17, 15) is 9.18 Å². The Balaban J connectivity index is 1.56. The van der Waals surface area contributed by atoms with Crippen LogP contribution in [-0.2, 0) is 0 Å². The van der Waals surface area contributed by atoms with Gasteiger partial charge in [-0.15, -0.1) is 11.3 Å². The zero-order valence-electron chi connectivity index (χ0n) is 21.1. The van der Waals surface area contributed by atoms with Crippen molar-refractivity contribution in [2.45, 2.75) is 58.7 Å². The Hall–Kier alpha value is -3.27. The number of carbonyl (C=O) groups excluding carboxylic acids is 1. The summed E-state index contributed by atoms with van der Waals surface area (Å²) >= 11 is 1.69. The SMILES string of the molecule is CCC1(F)CCN(c2cc(C(=O)NC(c3ncn[nH]3)C(C)C)cn3c(-c4ccc(C)s4)cnc23)CC1. The van der Waals surface area contributed by atoms with Gasteiger partial charge in [0, 0.05) is 24.2 Å². The van der Waals surface area contributed by atoms with Crippen molar-refractivity contribution in [2.75, 3.05) is 18.0 Å². The van der Waals surface area contributed by atoms with E-state index in [0.717, 1.165) is 21.9 Å². The summed E-state index contributed by atoms with van der Waals surface area (Å²) in [7, 11) is 0. The molecule has 0 spiro atoms. The number of halogens is 1. The average molecular weight is 510 g/mol. The third-order valence-corrected chi connectivity index (χ3v) is 8.18. The highest BCUT2D eigenvalue weighted by Crippen LogP contribution is 2.36. The molecular formula is C26H32FN7OS. The maximum Gasteiger partial charge on any atom is 0.253 e. The first-order valence-corrected chi connectivity index (χ1v) is 13.3. The number of H-pyrrole nitrogens is 1. The van der Waals surface area contributed by atoms with E-state index >= 15 is 0 Å². The Labute approximate surface area is 214 Å². The minimum absolute atomic E-state index is 0.108. The number of aryl methyl sites for hydroxylation is 1. The van der Waals surface area contributed by atoms with Crippen molar-refractivity contribution in [3.05, 3.63) is 53.2 Å². The number of hydrogen-bond donors (Lipinski definition) is 2. The van der Waals surface area contributed by atoms with Crippen LogP contribution in [0, 0.1) is 12.8 Å². The molecular weight excluding hydrogens is 477 g/mol. The fraction of sp³-hybridized carbons (Fsp3) is 0.462. The summed E-state index contributed by atoms with van der Waals surface area (Å²) in [5.41, 5.74) is 1.94. The second kappa shape index (κ2) is 9.65. The fourth-order valence-corrected chi connectivity index (χ4v) is 5.70. The van der Waals surface area contributed by atoms with Crippen LogP contribution in [0.3, 0.4) is 0 Å². The third-order valence-electron chi connectivity index (χ3n) is 7.16. The van der Waals surface area contributed by atoms with Gasteiger partial charge in [0.1, 0.15) is 17.8 Å². The molecule has 190 valence electrons. The van der Waals surface area contributed by atoms with E-state index in [1.54, 1.807) is 11.3 Å². The molecule has 1 aliphatic rings. The van der Waals surface area contributed by atoms with Crippen molar-refractivity contribution in [1.82, 2.24) is 29.9 Å². The van der Waals surface area contributed by atoms with Gasteiger partial charge in [-0.25, -0.2) is 14.4 Å². The number of hydrogen-bond acceptors (Lipinski definition) is 6. The number of rotatable bonds is 7. The first-order chi connectivity index (χ1) is 17.3. The smallest absolute Gasteiger partial charge is 0.253 e. The van der Waals surface area contributed by atoms with Crippen LogP contribution in [0.25, 0.3) is 16.2 Å². The topological polar surface area (TPSA) is 91.2 Å². The lowest BCUT2D eigenvalue weighted by Gasteiger charge is -2.37. The molecule has 1 aliphatic heterocycles. The van der Waals surface area contributed by atoms with Gasteiger partial charge in [-0.1, -0.05) is 20.8 Å². The Bertz CT molecular complexity index is 1350. The molecule has 0 radical (unpaired) electrons.